The third-order valence-corrected chi connectivity index (χ3v) is 7.57. The van der Waals surface area contributed by atoms with Gasteiger partial charge in [-0.25, -0.2) is 9.67 Å². The molecule has 5 nitrogen and oxygen atoms in total. The number of hydrogen-bond acceptors (Lipinski definition) is 4. The zero-order chi connectivity index (χ0) is 25.3. The van der Waals surface area contributed by atoms with Crippen molar-refractivity contribution in [1.82, 2.24) is 14.8 Å². The molecule has 186 valence electrons. The summed E-state index contributed by atoms with van der Waals surface area (Å²) in [5.41, 5.74) is 0.757. The van der Waals surface area contributed by atoms with Crippen LogP contribution in [0, 0.1) is 29.1 Å². The molecule has 34 heavy (non-hydrogen) atoms. The molecule has 4 atom stereocenters. The van der Waals surface area contributed by atoms with Gasteiger partial charge in [-0.1, -0.05) is 77.2 Å². The van der Waals surface area contributed by atoms with Crippen LogP contribution in [0.25, 0.3) is 11.8 Å². The first kappa shape index (κ1) is 26.7. The van der Waals surface area contributed by atoms with E-state index >= 15 is 0 Å². The molecule has 1 aliphatic carbocycles. The molecule has 1 aromatic carbocycles. The molecular weight excluding hydrogens is 469 g/mol. The van der Waals surface area contributed by atoms with E-state index in [4.69, 9.17) is 27.9 Å². The van der Waals surface area contributed by atoms with E-state index in [0.29, 0.717) is 21.9 Å². The van der Waals surface area contributed by atoms with Gasteiger partial charge < -0.3 is 4.74 Å². The molecule has 0 radical (unpaired) electrons. The van der Waals surface area contributed by atoms with Gasteiger partial charge in [-0.15, -0.1) is 0 Å². The molecular formula is C27H37Cl2N3O2. The number of aromatic nitrogens is 3. The highest BCUT2D eigenvalue weighted by Crippen LogP contribution is 2.56. The molecule has 1 heterocycles. The summed E-state index contributed by atoms with van der Waals surface area (Å²) in [5, 5.41) is 5.65. The molecule has 2 aromatic rings. The maximum absolute atomic E-state index is 12.7. The van der Waals surface area contributed by atoms with E-state index in [0.717, 1.165) is 30.5 Å². The number of benzene rings is 1. The maximum atomic E-state index is 12.7. The zero-order valence-corrected chi connectivity index (χ0v) is 22.8. The molecule has 1 aliphatic rings. The molecule has 0 amide bonds. The van der Waals surface area contributed by atoms with Gasteiger partial charge in [0.25, 0.3) is 0 Å². The van der Waals surface area contributed by atoms with Gasteiger partial charge in [0.2, 0.25) is 0 Å². The smallest absolute Gasteiger partial charge is 0.303 e. The van der Waals surface area contributed by atoms with Crippen LogP contribution in [0.4, 0.5) is 0 Å². The van der Waals surface area contributed by atoms with Crippen molar-refractivity contribution in [3.05, 3.63) is 46.5 Å². The Morgan fingerprint density at radius 3 is 2.50 bits per heavy atom. The van der Waals surface area contributed by atoms with Crippen molar-refractivity contribution < 1.29 is 9.53 Å². The highest BCUT2D eigenvalue weighted by Gasteiger charge is 2.57. The maximum Gasteiger partial charge on any atom is 0.303 e. The Balaban J connectivity index is 2.34. The Labute approximate surface area is 213 Å². The summed E-state index contributed by atoms with van der Waals surface area (Å²) in [6.07, 6.45) is 8.19. The fourth-order valence-electron chi connectivity index (χ4n) is 6.01. The zero-order valence-electron chi connectivity index (χ0n) is 21.3. The van der Waals surface area contributed by atoms with Crippen LogP contribution in [0.15, 0.2) is 30.9 Å². The normalized spacial score (nSPS) is 24.8. The molecule has 7 heteroatoms. The van der Waals surface area contributed by atoms with Gasteiger partial charge in [-0.05, 0) is 53.9 Å². The quantitative estimate of drug-likeness (QED) is 0.378. The summed E-state index contributed by atoms with van der Waals surface area (Å²) in [7, 11) is 0. The number of esters is 1. The Kier molecular flexibility index (Phi) is 8.19. The summed E-state index contributed by atoms with van der Waals surface area (Å²) in [5.74, 6) is 0.538. The lowest BCUT2D eigenvalue weighted by atomic mass is 9.55. The van der Waals surface area contributed by atoms with Gasteiger partial charge in [0, 0.05) is 28.8 Å². The topological polar surface area (TPSA) is 57.0 Å². The molecule has 0 saturated heterocycles. The fraction of sp³-hybridized carbons (Fsp3) is 0.593. The lowest BCUT2D eigenvalue weighted by molar-refractivity contribution is -0.190. The lowest BCUT2D eigenvalue weighted by Crippen LogP contribution is -2.58. The van der Waals surface area contributed by atoms with E-state index in [2.05, 4.69) is 51.6 Å². The molecule has 0 bridgehead atoms. The van der Waals surface area contributed by atoms with Crippen molar-refractivity contribution in [2.24, 2.45) is 29.1 Å². The van der Waals surface area contributed by atoms with Crippen LogP contribution in [0.2, 0.25) is 10.0 Å². The van der Waals surface area contributed by atoms with Crippen molar-refractivity contribution in [1.29, 1.82) is 0 Å². The summed E-state index contributed by atoms with van der Waals surface area (Å²) in [6, 6.07) is 5.47. The van der Waals surface area contributed by atoms with E-state index in [9.17, 15) is 4.79 Å². The average molecular weight is 507 g/mol. The minimum Gasteiger partial charge on any atom is -0.458 e. The first-order chi connectivity index (χ1) is 15.8. The van der Waals surface area contributed by atoms with Gasteiger partial charge in [0.1, 0.15) is 18.3 Å². The number of carbonyl (C=O) groups is 1. The van der Waals surface area contributed by atoms with E-state index in [-0.39, 0.29) is 23.2 Å². The number of carbonyl (C=O) groups excluding carboxylic acids is 1. The third-order valence-electron chi connectivity index (χ3n) is 7.00. The number of nitrogens with zero attached hydrogens (tertiary/aromatic N) is 3. The van der Waals surface area contributed by atoms with Crippen LogP contribution in [-0.2, 0) is 9.53 Å². The Morgan fingerprint density at radius 1 is 1.26 bits per heavy atom. The molecule has 0 spiro atoms. The fourth-order valence-corrected chi connectivity index (χ4v) is 6.47. The average Bonchev–Trinajstić information content (AvgIpc) is 3.22. The molecule has 1 aromatic heterocycles. The summed E-state index contributed by atoms with van der Waals surface area (Å²) < 4.78 is 8.28. The van der Waals surface area contributed by atoms with Crippen molar-refractivity contribution in [3.8, 4) is 0 Å². The van der Waals surface area contributed by atoms with Crippen LogP contribution in [0.1, 0.15) is 73.3 Å². The SMILES string of the molecule is CC(=O)OC1(C(/C(=C/c2ccc(Cl)cc2Cl)n2cncn2)C(C)(C)C)CC(C)CCC1C(C)C. The van der Waals surface area contributed by atoms with Crippen LogP contribution in [0.5, 0.6) is 0 Å². The van der Waals surface area contributed by atoms with E-state index < -0.39 is 5.60 Å². The Bertz CT molecular complexity index is 1030. The summed E-state index contributed by atoms with van der Waals surface area (Å²) in [6.45, 7) is 14.8. The van der Waals surface area contributed by atoms with Gasteiger partial charge in [-0.2, -0.15) is 5.10 Å². The van der Waals surface area contributed by atoms with Crippen molar-refractivity contribution in [2.45, 2.75) is 73.3 Å². The van der Waals surface area contributed by atoms with Crippen molar-refractivity contribution >= 4 is 40.9 Å². The number of rotatable bonds is 6. The van der Waals surface area contributed by atoms with Gasteiger partial charge in [0.15, 0.2) is 0 Å². The Morgan fingerprint density at radius 2 is 1.97 bits per heavy atom. The number of ether oxygens (including phenoxy) is 1. The van der Waals surface area contributed by atoms with Gasteiger partial charge in [-0.3, -0.25) is 4.79 Å². The van der Waals surface area contributed by atoms with E-state index in [1.54, 1.807) is 17.1 Å². The lowest BCUT2D eigenvalue weighted by Gasteiger charge is -2.55. The van der Waals surface area contributed by atoms with E-state index in [1.165, 1.54) is 13.3 Å². The second-order valence-corrected chi connectivity index (χ2v) is 12.0. The van der Waals surface area contributed by atoms with Crippen LogP contribution >= 0.6 is 23.2 Å². The van der Waals surface area contributed by atoms with Crippen LogP contribution < -0.4 is 0 Å². The largest absolute Gasteiger partial charge is 0.458 e. The summed E-state index contributed by atoms with van der Waals surface area (Å²) in [4.78, 5) is 16.9. The number of halogens is 2. The van der Waals surface area contributed by atoms with Gasteiger partial charge >= 0.3 is 5.97 Å². The molecule has 1 saturated carbocycles. The number of hydrogen-bond donors (Lipinski definition) is 0. The molecule has 4 unspecified atom stereocenters. The van der Waals surface area contributed by atoms with E-state index in [1.807, 2.05) is 18.2 Å². The monoisotopic (exact) mass is 505 g/mol. The van der Waals surface area contributed by atoms with Crippen LogP contribution in [-0.4, -0.2) is 26.3 Å². The second-order valence-electron chi connectivity index (χ2n) is 11.2. The molecule has 3 rings (SSSR count). The first-order valence-electron chi connectivity index (χ1n) is 12.1. The highest BCUT2D eigenvalue weighted by molar-refractivity contribution is 6.35. The second kappa shape index (κ2) is 10.4. The third kappa shape index (κ3) is 5.68. The molecule has 1 fully saturated rings. The summed E-state index contributed by atoms with van der Waals surface area (Å²) >= 11 is 12.8. The standard InChI is InChI=1S/C27H37Cl2N3O2/c1-17(2)22-11-8-18(3)14-27(22,34-19(4)33)25(26(5,6)7)24(32-16-30-15-31-32)12-20-9-10-21(28)13-23(20)29/h9-10,12-13,15-18,22,25H,8,11,14H2,1-7H3/b24-12-. The van der Waals surface area contributed by atoms with Crippen molar-refractivity contribution in [3.63, 3.8) is 0 Å². The minimum atomic E-state index is -0.702. The first-order valence-corrected chi connectivity index (χ1v) is 12.8. The van der Waals surface area contributed by atoms with Crippen LogP contribution in [0.3, 0.4) is 0 Å². The predicted molar refractivity (Wildman–Crippen MR) is 139 cm³/mol. The molecule has 0 aliphatic heterocycles. The van der Waals surface area contributed by atoms with Crippen molar-refractivity contribution in [2.75, 3.05) is 0 Å². The predicted octanol–water partition coefficient (Wildman–Crippen LogP) is 7.64. The Hall–Kier alpha value is -1.85. The molecule has 0 N–H and O–H groups in total. The highest BCUT2D eigenvalue weighted by atomic mass is 35.5. The minimum absolute atomic E-state index is 0.174. The van der Waals surface area contributed by atoms with Gasteiger partial charge in [0.05, 0.1) is 5.70 Å².